The molecule has 2 aromatic carbocycles. The van der Waals surface area contributed by atoms with Gasteiger partial charge in [-0.1, -0.05) is 54.4 Å². The molecule has 0 aliphatic rings. The van der Waals surface area contributed by atoms with Gasteiger partial charge in [0.15, 0.2) is 0 Å². The smallest absolute Gasteiger partial charge is 0.244 e. The first-order valence-corrected chi connectivity index (χ1v) is 12.5. The first-order valence-electron chi connectivity index (χ1n) is 10.3. The van der Waals surface area contributed by atoms with Gasteiger partial charge in [0.05, 0.1) is 11.9 Å². The van der Waals surface area contributed by atoms with Crippen LogP contribution in [0.2, 0.25) is 5.02 Å². The molecule has 0 bridgehead atoms. The number of nitrogens with one attached hydrogen (secondary N) is 1. The lowest BCUT2D eigenvalue weighted by molar-refractivity contribution is -0.140. The van der Waals surface area contributed by atoms with Crippen molar-refractivity contribution < 1.29 is 18.0 Å². The number of carbonyl (C=O) groups is 2. The van der Waals surface area contributed by atoms with Crippen molar-refractivity contribution in [3.05, 3.63) is 64.2 Å². The van der Waals surface area contributed by atoms with Crippen molar-refractivity contribution in [2.75, 3.05) is 24.2 Å². The fourth-order valence-corrected chi connectivity index (χ4v) is 4.51. The minimum absolute atomic E-state index is 0.178. The molecule has 9 heteroatoms. The third kappa shape index (κ3) is 6.23. The summed E-state index contributed by atoms with van der Waals surface area (Å²) < 4.78 is 26.3. The summed E-state index contributed by atoms with van der Waals surface area (Å²) >= 11 is 6.19. The van der Waals surface area contributed by atoms with Crippen molar-refractivity contribution in [3.8, 4) is 0 Å². The van der Waals surface area contributed by atoms with Crippen molar-refractivity contribution >= 4 is 39.1 Å². The van der Waals surface area contributed by atoms with Gasteiger partial charge in [-0.3, -0.25) is 13.9 Å². The van der Waals surface area contributed by atoms with Crippen molar-refractivity contribution in [2.24, 2.45) is 0 Å². The van der Waals surface area contributed by atoms with Crippen LogP contribution in [0, 0.1) is 13.8 Å². The second-order valence-electron chi connectivity index (χ2n) is 7.70. The highest BCUT2D eigenvalue weighted by molar-refractivity contribution is 7.92. The molecule has 0 aliphatic carbocycles. The Morgan fingerprint density at radius 1 is 1.09 bits per heavy atom. The lowest BCUT2D eigenvalue weighted by Gasteiger charge is -2.33. The van der Waals surface area contributed by atoms with E-state index in [0.717, 1.165) is 21.7 Å². The molecule has 0 saturated carbocycles. The van der Waals surface area contributed by atoms with Crippen LogP contribution < -0.4 is 9.62 Å². The minimum atomic E-state index is -3.80. The molecule has 0 aliphatic heterocycles. The van der Waals surface area contributed by atoms with Crippen LogP contribution in [0.3, 0.4) is 0 Å². The van der Waals surface area contributed by atoms with E-state index < -0.39 is 28.5 Å². The van der Waals surface area contributed by atoms with Crippen molar-refractivity contribution in [1.82, 2.24) is 10.2 Å². The second kappa shape index (κ2) is 10.8. The summed E-state index contributed by atoms with van der Waals surface area (Å²) in [5, 5.41) is 3.00. The van der Waals surface area contributed by atoms with E-state index in [1.807, 2.05) is 38.1 Å². The average Bonchev–Trinajstić information content (AvgIpc) is 2.74. The van der Waals surface area contributed by atoms with Gasteiger partial charge in [0, 0.05) is 18.6 Å². The molecule has 1 N–H and O–H groups in total. The molecule has 2 rings (SSSR count). The number of hydrogen-bond acceptors (Lipinski definition) is 4. The second-order valence-corrected chi connectivity index (χ2v) is 10.0. The van der Waals surface area contributed by atoms with E-state index in [4.69, 9.17) is 11.6 Å². The first-order chi connectivity index (χ1) is 15.0. The SMILES string of the molecule is CC[C@H](C(=O)NC)N(Cc1ccc(C)cc1)C(=O)CN(c1cccc(Cl)c1C)S(C)(=O)=O. The summed E-state index contributed by atoms with van der Waals surface area (Å²) in [5.74, 6) is -0.788. The number of hydrogen-bond donors (Lipinski definition) is 1. The van der Waals surface area contributed by atoms with Crippen LogP contribution >= 0.6 is 11.6 Å². The van der Waals surface area contributed by atoms with Gasteiger partial charge in [-0.2, -0.15) is 0 Å². The Morgan fingerprint density at radius 2 is 1.72 bits per heavy atom. The number of rotatable bonds is 9. The zero-order chi connectivity index (χ0) is 24.1. The molecule has 0 aromatic heterocycles. The maximum absolute atomic E-state index is 13.5. The number of nitrogens with zero attached hydrogens (tertiary/aromatic N) is 2. The lowest BCUT2D eigenvalue weighted by atomic mass is 10.1. The van der Waals surface area contributed by atoms with E-state index in [0.29, 0.717) is 22.7 Å². The van der Waals surface area contributed by atoms with Gasteiger partial charge in [0.1, 0.15) is 12.6 Å². The Morgan fingerprint density at radius 3 is 2.25 bits per heavy atom. The first kappa shape index (κ1) is 25.7. The van der Waals surface area contributed by atoms with Crippen molar-refractivity contribution in [3.63, 3.8) is 0 Å². The Hall–Kier alpha value is -2.58. The van der Waals surface area contributed by atoms with Crippen LogP contribution in [0.4, 0.5) is 5.69 Å². The zero-order valence-electron chi connectivity index (χ0n) is 19.1. The van der Waals surface area contributed by atoms with Gasteiger partial charge >= 0.3 is 0 Å². The third-order valence-corrected chi connectivity index (χ3v) is 6.83. The number of likely N-dealkylation sites (N-methyl/N-ethyl adjacent to an activating group) is 1. The summed E-state index contributed by atoms with van der Waals surface area (Å²) in [6.07, 6.45) is 1.42. The lowest BCUT2D eigenvalue weighted by Crippen LogP contribution is -2.51. The molecule has 32 heavy (non-hydrogen) atoms. The topological polar surface area (TPSA) is 86.8 Å². The summed E-state index contributed by atoms with van der Waals surface area (Å²) in [6, 6.07) is 11.8. The molecule has 2 aromatic rings. The molecule has 2 amide bonds. The van der Waals surface area contributed by atoms with Gasteiger partial charge in [-0.05, 0) is 43.5 Å². The van der Waals surface area contributed by atoms with Crippen LogP contribution in [0.25, 0.3) is 0 Å². The van der Waals surface area contributed by atoms with Gasteiger partial charge in [-0.15, -0.1) is 0 Å². The highest BCUT2D eigenvalue weighted by Gasteiger charge is 2.31. The van der Waals surface area contributed by atoms with Crippen molar-refractivity contribution in [1.29, 1.82) is 0 Å². The highest BCUT2D eigenvalue weighted by atomic mass is 35.5. The number of amides is 2. The summed E-state index contributed by atoms with van der Waals surface area (Å²) in [4.78, 5) is 27.4. The van der Waals surface area contributed by atoms with Gasteiger partial charge < -0.3 is 10.2 Å². The van der Waals surface area contributed by atoms with Gasteiger partial charge in [-0.25, -0.2) is 8.42 Å². The molecule has 0 saturated heterocycles. The molecule has 7 nitrogen and oxygen atoms in total. The number of aryl methyl sites for hydroxylation is 1. The standard InChI is InChI=1S/C23H30ClN3O4S/c1-6-20(23(29)25-4)26(14-18-12-10-16(2)11-13-18)22(28)15-27(32(5,30)31)21-9-7-8-19(24)17(21)3/h7-13,20H,6,14-15H2,1-5H3,(H,25,29)/t20-/m1/s1. The number of benzene rings is 2. The van der Waals surface area contributed by atoms with Gasteiger partial charge in [0.25, 0.3) is 0 Å². The molecule has 0 unspecified atom stereocenters. The minimum Gasteiger partial charge on any atom is -0.357 e. The molecular formula is C23H30ClN3O4S. The quantitative estimate of drug-likeness (QED) is 0.598. The molecule has 1 atom stereocenters. The summed E-state index contributed by atoms with van der Waals surface area (Å²) in [6.45, 7) is 5.20. The summed E-state index contributed by atoms with van der Waals surface area (Å²) in [7, 11) is -2.28. The van der Waals surface area contributed by atoms with E-state index in [2.05, 4.69) is 5.32 Å². The van der Waals surface area contributed by atoms with E-state index in [1.54, 1.807) is 25.1 Å². The fraction of sp³-hybridized carbons (Fsp3) is 0.391. The zero-order valence-corrected chi connectivity index (χ0v) is 20.6. The van der Waals surface area contributed by atoms with Crippen LogP contribution in [0.15, 0.2) is 42.5 Å². The van der Waals surface area contributed by atoms with Crippen LogP contribution in [0.1, 0.15) is 30.0 Å². The van der Waals surface area contributed by atoms with Crippen molar-refractivity contribution in [2.45, 2.75) is 39.8 Å². The predicted octanol–water partition coefficient (Wildman–Crippen LogP) is 3.28. The van der Waals surface area contributed by atoms with Crippen LogP contribution in [0.5, 0.6) is 0 Å². The molecule has 0 radical (unpaired) electrons. The molecule has 0 heterocycles. The van der Waals surface area contributed by atoms with Crippen LogP contribution in [-0.2, 0) is 26.2 Å². The predicted molar refractivity (Wildman–Crippen MR) is 128 cm³/mol. The molecule has 174 valence electrons. The summed E-state index contributed by atoms with van der Waals surface area (Å²) in [5.41, 5.74) is 2.80. The fourth-order valence-electron chi connectivity index (χ4n) is 3.44. The third-order valence-electron chi connectivity index (χ3n) is 5.29. The molecule has 0 fully saturated rings. The Kier molecular flexibility index (Phi) is 8.69. The number of carbonyl (C=O) groups excluding carboxylic acids is 2. The molecular weight excluding hydrogens is 450 g/mol. The number of halogens is 1. The largest absolute Gasteiger partial charge is 0.357 e. The van der Waals surface area contributed by atoms with E-state index >= 15 is 0 Å². The van der Waals surface area contributed by atoms with Gasteiger partial charge in [0.2, 0.25) is 21.8 Å². The highest BCUT2D eigenvalue weighted by Crippen LogP contribution is 2.28. The Balaban J connectivity index is 2.46. The van der Waals surface area contributed by atoms with Crippen LogP contribution in [-0.4, -0.2) is 51.0 Å². The average molecular weight is 480 g/mol. The maximum atomic E-state index is 13.5. The maximum Gasteiger partial charge on any atom is 0.244 e. The number of sulfonamides is 1. The van der Waals surface area contributed by atoms with E-state index in [9.17, 15) is 18.0 Å². The normalized spacial score (nSPS) is 12.2. The van der Waals surface area contributed by atoms with E-state index in [1.165, 1.54) is 11.9 Å². The molecule has 0 spiro atoms. The number of anilines is 1. The Bertz CT molecular complexity index is 1070. The monoisotopic (exact) mass is 479 g/mol. The van der Waals surface area contributed by atoms with E-state index in [-0.39, 0.29) is 12.5 Å². The Labute approximate surface area is 195 Å².